The van der Waals surface area contributed by atoms with Crippen LogP contribution in [0.4, 0.5) is 34.9 Å². The summed E-state index contributed by atoms with van der Waals surface area (Å²) in [6.07, 6.45) is -2.63. The molecule has 0 aliphatic carbocycles. The van der Waals surface area contributed by atoms with Crippen LogP contribution in [0.5, 0.6) is 5.75 Å². The number of ether oxygens (including phenoxy) is 1. The molecule has 0 saturated carbocycles. The van der Waals surface area contributed by atoms with Crippen molar-refractivity contribution in [1.82, 2.24) is 14.9 Å². The minimum absolute atomic E-state index is 0.0211. The van der Waals surface area contributed by atoms with Crippen LogP contribution < -0.4 is 26.4 Å². The SMILES string of the molecule is NC(=O)[C@H]1CCN(c2ncnc(N)c2F)C[C@@H]1N1CCC[C@@H](Nc2cc(Cl)cc(OC(F)(F)F)c2)C1=O. The van der Waals surface area contributed by atoms with E-state index in [4.69, 9.17) is 23.1 Å². The van der Waals surface area contributed by atoms with Crippen molar-refractivity contribution in [3.63, 3.8) is 0 Å². The van der Waals surface area contributed by atoms with E-state index in [0.717, 1.165) is 18.5 Å². The second-order valence-corrected chi connectivity index (χ2v) is 9.24. The highest BCUT2D eigenvalue weighted by molar-refractivity contribution is 6.31. The summed E-state index contributed by atoms with van der Waals surface area (Å²) in [7, 11) is 0. The number of rotatable bonds is 6. The zero-order valence-corrected chi connectivity index (χ0v) is 20.1. The maximum absolute atomic E-state index is 14.6. The van der Waals surface area contributed by atoms with E-state index in [1.165, 1.54) is 11.0 Å². The van der Waals surface area contributed by atoms with E-state index in [0.29, 0.717) is 19.4 Å². The quantitative estimate of drug-likeness (QED) is 0.471. The van der Waals surface area contributed by atoms with Gasteiger partial charge in [-0.05, 0) is 31.4 Å². The summed E-state index contributed by atoms with van der Waals surface area (Å²) in [4.78, 5) is 36.4. The van der Waals surface area contributed by atoms with Gasteiger partial charge in [-0.1, -0.05) is 11.6 Å². The zero-order valence-electron chi connectivity index (χ0n) is 19.3. The smallest absolute Gasteiger partial charge is 0.406 e. The third-order valence-corrected chi connectivity index (χ3v) is 6.58. The van der Waals surface area contributed by atoms with Gasteiger partial charge in [-0.3, -0.25) is 9.59 Å². The first-order valence-electron chi connectivity index (χ1n) is 11.4. The van der Waals surface area contributed by atoms with Crippen LogP contribution in [0.1, 0.15) is 19.3 Å². The van der Waals surface area contributed by atoms with E-state index in [-0.39, 0.29) is 47.8 Å². The van der Waals surface area contributed by atoms with Gasteiger partial charge in [0.15, 0.2) is 11.6 Å². The van der Waals surface area contributed by atoms with Crippen LogP contribution >= 0.6 is 11.6 Å². The molecular formula is C22H24ClF4N7O3. The number of halogens is 5. The predicted octanol–water partition coefficient (Wildman–Crippen LogP) is 2.53. The number of hydrogen-bond donors (Lipinski definition) is 3. The van der Waals surface area contributed by atoms with E-state index in [1.807, 2.05) is 0 Å². The van der Waals surface area contributed by atoms with Gasteiger partial charge < -0.3 is 31.3 Å². The molecule has 1 aromatic heterocycles. The van der Waals surface area contributed by atoms with Crippen LogP contribution in [0.25, 0.3) is 0 Å². The van der Waals surface area contributed by atoms with Crippen LogP contribution in [-0.2, 0) is 9.59 Å². The number of hydrogen-bond acceptors (Lipinski definition) is 8. The first-order chi connectivity index (χ1) is 17.4. The fourth-order valence-corrected chi connectivity index (χ4v) is 4.99. The number of alkyl halides is 3. The number of likely N-dealkylation sites (tertiary alicyclic amines) is 1. The number of nitrogens with two attached hydrogens (primary N) is 2. The van der Waals surface area contributed by atoms with Crippen LogP contribution in [0, 0.1) is 11.7 Å². The Labute approximate surface area is 213 Å². The first kappa shape index (κ1) is 26.5. The number of nitrogens with zero attached hydrogens (tertiary/aromatic N) is 4. The minimum atomic E-state index is -4.91. The van der Waals surface area contributed by atoms with Gasteiger partial charge >= 0.3 is 6.36 Å². The number of amides is 2. The lowest BCUT2D eigenvalue weighted by atomic mass is 9.87. The highest BCUT2D eigenvalue weighted by atomic mass is 35.5. The second kappa shape index (κ2) is 10.4. The van der Waals surface area contributed by atoms with Crippen molar-refractivity contribution in [2.75, 3.05) is 35.6 Å². The highest BCUT2D eigenvalue weighted by Crippen LogP contribution is 2.33. The molecule has 2 aliphatic heterocycles. The summed E-state index contributed by atoms with van der Waals surface area (Å²) in [5, 5.41) is 2.90. The van der Waals surface area contributed by atoms with Gasteiger partial charge in [-0.2, -0.15) is 4.39 Å². The summed E-state index contributed by atoms with van der Waals surface area (Å²) < 4.78 is 56.5. The Hall–Kier alpha value is -3.55. The molecule has 37 heavy (non-hydrogen) atoms. The molecule has 2 saturated heterocycles. The fraction of sp³-hybridized carbons (Fsp3) is 0.455. The van der Waals surface area contributed by atoms with E-state index >= 15 is 0 Å². The van der Waals surface area contributed by atoms with Gasteiger partial charge in [-0.25, -0.2) is 9.97 Å². The minimum Gasteiger partial charge on any atom is -0.406 e. The standard InChI is InChI=1S/C22H24ClF4N7O3/c23-11-6-12(8-13(7-11)37-22(25,26)27)32-15-2-1-4-34(21(15)36)16-9-33(5-3-14(16)19(29)35)20-17(24)18(28)30-10-31-20/h6-8,10,14-16,32H,1-5,9H2,(H2,29,35)(H2,28,30,31)/t14-,15+,16-/m0/s1. The van der Waals surface area contributed by atoms with Gasteiger partial charge in [-0.15, -0.1) is 13.2 Å². The number of nitrogens with one attached hydrogen (secondary N) is 1. The molecule has 1 aromatic carbocycles. The molecule has 3 atom stereocenters. The lowest BCUT2D eigenvalue weighted by Gasteiger charge is -2.46. The Morgan fingerprint density at radius 2 is 1.95 bits per heavy atom. The summed E-state index contributed by atoms with van der Waals surface area (Å²) in [6.45, 7) is 0.636. The summed E-state index contributed by atoms with van der Waals surface area (Å²) >= 11 is 5.95. The molecule has 2 aliphatic rings. The maximum Gasteiger partial charge on any atom is 0.573 e. The molecule has 0 radical (unpaired) electrons. The number of anilines is 3. The third-order valence-electron chi connectivity index (χ3n) is 6.36. The highest BCUT2D eigenvalue weighted by Gasteiger charge is 2.42. The molecule has 15 heteroatoms. The Balaban J connectivity index is 1.55. The summed E-state index contributed by atoms with van der Waals surface area (Å²) in [5.74, 6) is -3.39. The maximum atomic E-state index is 14.6. The summed E-state index contributed by atoms with van der Waals surface area (Å²) in [6, 6.07) is 1.95. The molecule has 5 N–H and O–H groups in total. The van der Waals surface area contributed by atoms with Crippen molar-refractivity contribution in [2.45, 2.75) is 37.7 Å². The first-order valence-corrected chi connectivity index (χ1v) is 11.7. The third kappa shape index (κ3) is 6.06. The monoisotopic (exact) mass is 545 g/mol. The van der Waals surface area contributed by atoms with Gasteiger partial charge in [0.2, 0.25) is 17.6 Å². The molecule has 10 nitrogen and oxygen atoms in total. The Morgan fingerprint density at radius 3 is 2.65 bits per heavy atom. The average Bonchev–Trinajstić information content (AvgIpc) is 2.80. The largest absolute Gasteiger partial charge is 0.573 e. The second-order valence-electron chi connectivity index (χ2n) is 8.80. The molecule has 0 unspecified atom stereocenters. The van der Waals surface area contributed by atoms with Crippen molar-refractivity contribution in [2.24, 2.45) is 11.7 Å². The molecule has 0 spiro atoms. The number of primary amides is 1. The Morgan fingerprint density at radius 1 is 1.19 bits per heavy atom. The lowest BCUT2D eigenvalue weighted by molar-refractivity contribution is -0.274. The van der Waals surface area contributed by atoms with Crippen molar-refractivity contribution < 1.29 is 31.9 Å². The number of piperidine rings is 2. The number of carbonyl (C=O) groups is 2. The van der Waals surface area contributed by atoms with Crippen LogP contribution in [0.15, 0.2) is 24.5 Å². The van der Waals surface area contributed by atoms with E-state index in [1.54, 1.807) is 4.90 Å². The van der Waals surface area contributed by atoms with Crippen molar-refractivity contribution in [3.05, 3.63) is 35.4 Å². The van der Waals surface area contributed by atoms with Crippen LogP contribution in [-0.4, -0.2) is 64.8 Å². The molecule has 2 aromatic rings. The van der Waals surface area contributed by atoms with Gasteiger partial charge in [0, 0.05) is 36.4 Å². The zero-order chi connectivity index (χ0) is 26.9. The molecule has 2 amide bonds. The van der Waals surface area contributed by atoms with Crippen molar-refractivity contribution >= 4 is 40.7 Å². The van der Waals surface area contributed by atoms with Gasteiger partial charge in [0.1, 0.15) is 18.1 Å². The van der Waals surface area contributed by atoms with Gasteiger partial charge in [0.05, 0.1) is 12.0 Å². The van der Waals surface area contributed by atoms with Gasteiger partial charge in [0.25, 0.3) is 0 Å². The van der Waals surface area contributed by atoms with Crippen LogP contribution in [0.3, 0.4) is 0 Å². The summed E-state index contributed by atoms with van der Waals surface area (Å²) in [5.41, 5.74) is 11.4. The van der Waals surface area contributed by atoms with E-state index in [9.17, 15) is 27.2 Å². The number of aromatic nitrogens is 2. The fourth-order valence-electron chi connectivity index (χ4n) is 4.77. The number of nitrogen functional groups attached to an aromatic ring is 1. The normalized spacial score (nSPS) is 22.6. The number of benzene rings is 1. The lowest BCUT2D eigenvalue weighted by Crippen LogP contribution is -2.61. The molecule has 0 bridgehead atoms. The average molecular weight is 546 g/mol. The topological polar surface area (TPSA) is 140 Å². The van der Waals surface area contributed by atoms with Crippen molar-refractivity contribution in [1.29, 1.82) is 0 Å². The molecule has 4 rings (SSSR count). The molecule has 3 heterocycles. The Kier molecular flexibility index (Phi) is 7.48. The Bertz CT molecular complexity index is 1190. The molecule has 200 valence electrons. The van der Waals surface area contributed by atoms with Crippen LogP contribution in [0.2, 0.25) is 5.02 Å². The number of carbonyl (C=O) groups excluding carboxylic acids is 2. The molecular weight excluding hydrogens is 522 g/mol. The molecule has 2 fully saturated rings. The van der Waals surface area contributed by atoms with E-state index < -0.39 is 41.8 Å². The van der Waals surface area contributed by atoms with E-state index in [2.05, 4.69) is 20.0 Å². The van der Waals surface area contributed by atoms with Crippen molar-refractivity contribution in [3.8, 4) is 5.75 Å². The predicted molar refractivity (Wildman–Crippen MR) is 126 cm³/mol.